The Labute approximate surface area is 190 Å². The summed E-state index contributed by atoms with van der Waals surface area (Å²) >= 11 is 0. The summed E-state index contributed by atoms with van der Waals surface area (Å²) in [5.74, 6) is -0.0469. The molecule has 0 spiro atoms. The zero-order chi connectivity index (χ0) is 22.5. The fourth-order valence-electron chi connectivity index (χ4n) is 4.20. The number of benzene rings is 2. The van der Waals surface area contributed by atoms with Crippen molar-refractivity contribution in [2.75, 3.05) is 31.2 Å². The predicted molar refractivity (Wildman–Crippen MR) is 128 cm³/mol. The highest BCUT2D eigenvalue weighted by atomic mass is 16.5. The highest BCUT2D eigenvalue weighted by molar-refractivity contribution is 5.95. The topological polar surface area (TPSA) is 72.5 Å². The van der Waals surface area contributed by atoms with E-state index in [1.165, 1.54) is 11.3 Å². The van der Waals surface area contributed by atoms with Crippen molar-refractivity contribution in [1.29, 1.82) is 0 Å². The molecule has 0 aliphatic carbocycles. The van der Waals surface area contributed by atoms with Crippen LogP contribution in [0.25, 0.3) is 0 Å². The van der Waals surface area contributed by atoms with Gasteiger partial charge in [0.1, 0.15) is 0 Å². The van der Waals surface area contributed by atoms with Gasteiger partial charge >= 0.3 is 0 Å². The van der Waals surface area contributed by atoms with Crippen molar-refractivity contribution in [2.45, 2.75) is 33.5 Å². The van der Waals surface area contributed by atoms with Gasteiger partial charge in [-0.05, 0) is 48.7 Å². The Balaban J connectivity index is 1.45. The Kier molecular flexibility index (Phi) is 6.93. The Bertz CT molecular complexity index is 1070. The van der Waals surface area contributed by atoms with E-state index < -0.39 is 0 Å². The molecule has 168 valence electrons. The second-order valence-corrected chi connectivity index (χ2v) is 8.34. The first-order valence-electron chi connectivity index (χ1n) is 11.2. The second kappa shape index (κ2) is 10.0. The number of anilines is 1. The number of nitrogens with one attached hydrogen (secondary N) is 1. The maximum Gasteiger partial charge on any atom is 0.253 e. The molecule has 1 fully saturated rings. The minimum absolute atomic E-state index is 0.0469. The molecule has 1 aromatic heterocycles. The van der Waals surface area contributed by atoms with Gasteiger partial charge in [-0.15, -0.1) is 0 Å². The van der Waals surface area contributed by atoms with Gasteiger partial charge in [0.15, 0.2) is 0 Å². The van der Waals surface area contributed by atoms with Crippen molar-refractivity contribution in [3.63, 3.8) is 0 Å². The van der Waals surface area contributed by atoms with E-state index in [1.54, 1.807) is 0 Å². The number of aryl methyl sites for hydroxylation is 1. The number of ether oxygens (including phenoxy) is 1. The SMILES string of the molecule is Cc1cc(C(=O)NCc2ccc(CN)cc2)c(C)n1Cc1cccc(N2CCOCC2)c1. The van der Waals surface area contributed by atoms with Crippen LogP contribution >= 0.6 is 0 Å². The maximum atomic E-state index is 12.9. The summed E-state index contributed by atoms with van der Waals surface area (Å²) in [6.07, 6.45) is 0. The summed E-state index contributed by atoms with van der Waals surface area (Å²) in [5, 5.41) is 3.05. The number of aromatic nitrogens is 1. The van der Waals surface area contributed by atoms with Gasteiger partial charge in [-0.25, -0.2) is 0 Å². The van der Waals surface area contributed by atoms with E-state index in [0.717, 1.165) is 60.9 Å². The molecule has 0 radical (unpaired) electrons. The van der Waals surface area contributed by atoms with Crippen LogP contribution in [0.15, 0.2) is 54.6 Å². The van der Waals surface area contributed by atoms with Gasteiger partial charge in [-0.2, -0.15) is 0 Å². The maximum absolute atomic E-state index is 12.9. The van der Waals surface area contributed by atoms with Crippen LogP contribution in [0.2, 0.25) is 0 Å². The molecule has 0 bridgehead atoms. The average Bonchev–Trinajstić information content (AvgIpc) is 3.12. The number of nitrogens with two attached hydrogens (primary N) is 1. The number of hydrogen-bond donors (Lipinski definition) is 2. The highest BCUT2D eigenvalue weighted by Crippen LogP contribution is 2.21. The lowest BCUT2D eigenvalue weighted by molar-refractivity contribution is 0.0950. The van der Waals surface area contributed by atoms with Gasteiger partial charge < -0.3 is 25.3 Å². The fraction of sp³-hybridized carbons (Fsp3) is 0.346. The number of rotatable bonds is 7. The van der Waals surface area contributed by atoms with Crippen LogP contribution in [0.4, 0.5) is 5.69 Å². The van der Waals surface area contributed by atoms with Crippen LogP contribution in [0.1, 0.15) is 38.4 Å². The molecule has 6 heteroatoms. The van der Waals surface area contributed by atoms with Crippen molar-refractivity contribution in [3.8, 4) is 0 Å². The van der Waals surface area contributed by atoms with Crippen LogP contribution in [-0.4, -0.2) is 36.8 Å². The number of nitrogens with zero attached hydrogens (tertiary/aromatic N) is 2. The Morgan fingerprint density at radius 1 is 1.00 bits per heavy atom. The minimum atomic E-state index is -0.0469. The third-order valence-electron chi connectivity index (χ3n) is 6.16. The summed E-state index contributed by atoms with van der Waals surface area (Å²) in [5.41, 5.74) is 13.0. The molecule has 1 aliphatic heterocycles. The molecule has 32 heavy (non-hydrogen) atoms. The molecule has 0 saturated carbocycles. The van der Waals surface area contributed by atoms with E-state index in [1.807, 2.05) is 37.3 Å². The largest absolute Gasteiger partial charge is 0.378 e. The molecule has 2 aromatic carbocycles. The van der Waals surface area contributed by atoms with Gasteiger partial charge in [0, 0.05) is 49.8 Å². The zero-order valence-corrected chi connectivity index (χ0v) is 18.9. The quantitative estimate of drug-likeness (QED) is 0.600. The van der Waals surface area contributed by atoms with Crippen LogP contribution in [0, 0.1) is 13.8 Å². The van der Waals surface area contributed by atoms with Crippen LogP contribution in [0.5, 0.6) is 0 Å². The smallest absolute Gasteiger partial charge is 0.253 e. The lowest BCUT2D eigenvalue weighted by Crippen LogP contribution is -2.36. The summed E-state index contributed by atoms with van der Waals surface area (Å²) in [4.78, 5) is 15.2. The van der Waals surface area contributed by atoms with E-state index in [-0.39, 0.29) is 5.91 Å². The van der Waals surface area contributed by atoms with Crippen LogP contribution < -0.4 is 16.0 Å². The molecular formula is C26H32N4O2. The first kappa shape index (κ1) is 22.1. The van der Waals surface area contributed by atoms with Crippen molar-refractivity contribution < 1.29 is 9.53 Å². The molecule has 2 heterocycles. The van der Waals surface area contributed by atoms with E-state index in [4.69, 9.17) is 10.5 Å². The lowest BCUT2D eigenvalue weighted by Gasteiger charge is -2.29. The third kappa shape index (κ3) is 5.03. The number of hydrogen-bond acceptors (Lipinski definition) is 4. The van der Waals surface area contributed by atoms with E-state index >= 15 is 0 Å². The standard InChI is InChI=1S/C26H32N4O2/c1-19-14-25(26(31)28-17-22-8-6-21(16-27)7-9-22)20(2)30(19)18-23-4-3-5-24(15-23)29-10-12-32-13-11-29/h3-9,14-15H,10-13,16-18,27H2,1-2H3,(H,28,31). The molecule has 4 rings (SSSR count). The van der Waals surface area contributed by atoms with Crippen LogP contribution in [-0.2, 0) is 24.4 Å². The monoisotopic (exact) mass is 432 g/mol. The molecule has 3 N–H and O–H groups in total. The fourth-order valence-corrected chi connectivity index (χ4v) is 4.20. The molecule has 3 aromatic rings. The summed E-state index contributed by atoms with van der Waals surface area (Å²) in [6.45, 7) is 9.22. The van der Waals surface area contributed by atoms with E-state index in [0.29, 0.717) is 13.1 Å². The van der Waals surface area contributed by atoms with Gasteiger partial charge in [0.05, 0.1) is 18.8 Å². The van der Waals surface area contributed by atoms with E-state index in [9.17, 15) is 4.79 Å². The first-order valence-corrected chi connectivity index (χ1v) is 11.2. The predicted octanol–water partition coefficient (Wildman–Crippen LogP) is 3.38. The number of carbonyl (C=O) groups excluding carboxylic acids is 1. The van der Waals surface area contributed by atoms with Crippen molar-refractivity contribution in [3.05, 3.63) is 88.2 Å². The molecule has 0 atom stereocenters. The highest BCUT2D eigenvalue weighted by Gasteiger charge is 2.17. The van der Waals surface area contributed by atoms with Crippen molar-refractivity contribution in [1.82, 2.24) is 9.88 Å². The molecule has 1 amide bonds. The Hall–Kier alpha value is -3.09. The van der Waals surface area contributed by atoms with Gasteiger partial charge in [-0.3, -0.25) is 4.79 Å². The number of carbonyl (C=O) groups is 1. The summed E-state index contributed by atoms with van der Waals surface area (Å²) < 4.78 is 7.69. The van der Waals surface area contributed by atoms with Crippen molar-refractivity contribution >= 4 is 11.6 Å². The lowest BCUT2D eigenvalue weighted by atomic mass is 10.1. The van der Waals surface area contributed by atoms with Crippen molar-refractivity contribution in [2.24, 2.45) is 5.73 Å². The van der Waals surface area contributed by atoms with Crippen LogP contribution in [0.3, 0.4) is 0 Å². The molecular weight excluding hydrogens is 400 g/mol. The minimum Gasteiger partial charge on any atom is -0.378 e. The zero-order valence-electron chi connectivity index (χ0n) is 18.9. The molecule has 1 saturated heterocycles. The van der Waals surface area contributed by atoms with E-state index in [2.05, 4.69) is 46.0 Å². The summed E-state index contributed by atoms with van der Waals surface area (Å²) in [6, 6.07) is 18.6. The first-order chi connectivity index (χ1) is 15.5. The average molecular weight is 433 g/mol. The third-order valence-corrected chi connectivity index (χ3v) is 6.16. The molecule has 1 aliphatic rings. The second-order valence-electron chi connectivity index (χ2n) is 8.34. The molecule has 6 nitrogen and oxygen atoms in total. The Morgan fingerprint density at radius 2 is 1.72 bits per heavy atom. The Morgan fingerprint density at radius 3 is 2.44 bits per heavy atom. The normalized spacial score (nSPS) is 13.9. The summed E-state index contributed by atoms with van der Waals surface area (Å²) in [7, 11) is 0. The molecule has 0 unspecified atom stereocenters. The van der Waals surface area contributed by atoms with Gasteiger partial charge in [-0.1, -0.05) is 36.4 Å². The van der Waals surface area contributed by atoms with Gasteiger partial charge in [0.25, 0.3) is 5.91 Å². The number of amides is 1. The van der Waals surface area contributed by atoms with Gasteiger partial charge in [0.2, 0.25) is 0 Å². The number of morpholine rings is 1.